The summed E-state index contributed by atoms with van der Waals surface area (Å²) in [5.41, 5.74) is 4.39. The van der Waals surface area contributed by atoms with E-state index in [0.717, 1.165) is 28.3 Å². The number of fused-ring (bicyclic) bond motifs is 2. The van der Waals surface area contributed by atoms with E-state index >= 15 is 0 Å². The van der Waals surface area contributed by atoms with Crippen molar-refractivity contribution in [1.29, 1.82) is 0 Å². The van der Waals surface area contributed by atoms with E-state index in [2.05, 4.69) is 49.5 Å². The molecule has 2 aromatic rings. The first-order valence-electron chi connectivity index (χ1n) is 10.9. The van der Waals surface area contributed by atoms with Crippen LogP contribution in [0, 0.1) is 11.3 Å². The number of carbonyl (C=O) groups excluding carboxylic acids is 2. The zero-order chi connectivity index (χ0) is 22.3. The third-order valence-electron chi connectivity index (χ3n) is 6.22. The summed E-state index contributed by atoms with van der Waals surface area (Å²) in [6.45, 7) is 6.04. The van der Waals surface area contributed by atoms with E-state index < -0.39 is 12.0 Å². The summed E-state index contributed by atoms with van der Waals surface area (Å²) in [7, 11) is 4.00. The molecule has 2 aliphatic rings. The number of anilines is 3. The van der Waals surface area contributed by atoms with E-state index in [1.807, 2.05) is 55.1 Å². The summed E-state index contributed by atoms with van der Waals surface area (Å²) in [6, 6.07) is 15.6. The average Bonchev–Trinajstić information content (AvgIpc) is 2.86. The Morgan fingerprint density at radius 1 is 1.13 bits per heavy atom. The normalized spacial score (nSPS) is 21.9. The van der Waals surface area contributed by atoms with Gasteiger partial charge in [0.05, 0.1) is 23.3 Å². The van der Waals surface area contributed by atoms with Crippen LogP contribution in [0.2, 0.25) is 0 Å². The van der Waals surface area contributed by atoms with Gasteiger partial charge in [0, 0.05) is 38.3 Å². The van der Waals surface area contributed by atoms with Crippen LogP contribution in [0.4, 0.5) is 17.1 Å². The molecule has 0 bridgehead atoms. The number of nitrogens with zero attached hydrogens (tertiary/aromatic N) is 2. The van der Waals surface area contributed by atoms with Crippen LogP contribution >= 0.6 is 0 Å². The summed E-state index contributed by atoms with van der Waals surface area (Å²) in [4.78, 5) is 30.7. The van der Waals surface area contributed by atoms with Gasteiger partial charge in [-0.1, -0.05) is 51.1 Å². The third-order valence-corrected chi connectivity index (χ3v) is 6.22. The summed E-state index contributed by atoms with van der Waals surface area (Å²) < 4.78 is 0. The van der Waals surface area contributed by atoms with Gasteiger partial charge in [0.15, 0.2) is 0 Å². The first kappa shape index (κ1) is 21.2. The maximum Gasteiger partial charge on any atom is 0.227 e. The Balaban J connectivity index is 1.96. The van der Waals surface area contributed by atoms with E-state index in [1.165, 1.54) is 0 Å². The van der Waals surface area contributed by atoms with Crippen LogP contribution < -0.4 is 15.1 Å². The van der Waals surface area contributed by atoms with E-state index in [1.54, 1.807) is 0 Å². The smallest absolute Gasteiger partial charge is 0.227 e. The molecule has 1 aliphatic heterocycles. The standard InChI is InChI=1S/C26H31N3O2/c1-6-23(31)29-21-10-8-7-9-19(21)27-20-15-26(2,3)16-22(30)24(20)25(29)17-11-13-18(14-12-17)28(4)5/h7-15,24-25,27H,6,16H2,1-5H3/t24-,25-/m1/s1. The molecule has 1 heterocycles. The molecule has 0 unspecified atom stereocenters. The largest absolute Gasteiger partial charge is 0.378 e. The number of hydrogen-bond donors (Lipinski definition) is 1. The number of amides is 1. The number of Topliss-reactive ketones (excluding diaryl/α,β-unsaturated/α-hetero) is 1. The van der Waals surface area contributed by atoms with Crippen molar-refractivity contribution in [2.45, 2.75) is 39.7 Å². The van der Waals surface area contributed by atoms with Crippen molar-refractivity contribution < 1.29 is 9.59 Å². The SMILES string of the molecule is CCC(=O)N1c2ccccc2NC2=CC(C)(C)CC(=O)[C@@H]2[C@H]1c1ccc(N(C)C)cc1. The molecule has 5 nitrogen and oxygen atoms in total. The molecule has 162 valence electrons. The lowest BCUT2D eigenvalue weighted by Gasteiger charge is -2.39. The Hall–Kier alpha value is -3.08. The van der Waals surface area contributed by atoms with Crippen molar-refractivity contribution in [2.75, 3.05) is 29.2 Å². The second-order valence-electron chi connectivity index (χ2n) is 9.40. The lowest BCUT2D eigenvalue weighted by atomic mass is 9.72. The molecule has 1 aliphatic carbocycles. The molecule has 0 aromatic heterocycles. The van der Waals surface area contributed by atoms with Gasteiger partial charge in [0.1, 0.15) is 5.78 Å². The quantitative estimate of drug-likeness (QED) is 0.749. The van der Waals surface area contributed by atoms with Crippen molar-refractivity contribution in [3.05, 3.63) is 65.9 Å². The number of hydrogen-bond acceptors (Lipinski definition) is 4. The Kier molecular flexibility index (Phi) is 5.38. The molecule has 2 aromatic carbocycles. The fourth-order valence-corrected chi connectivity index (χ4v) is 4.77. The first-order chi connectivity index (χ1) is 14.7. The monoisotopic (exact) mass is 417 g/mol. The topological polar surface area (TPSA) is 52.7 Å². The minimum absolute atomic E-state index is 0.00909. The molecule has 1 N–H and O–H groups in total. The van der Waals surface area contributed by atoms with Gasteiger partial charge in [-0.2, -0.15) is 0 Å². The van der Waals surface area contributed by atoms with E-state index in [-0.39, 0.29) is 17.1 Å². The summed E-state index contributed by atoms with van der Waals surface area (Å²) >= 11 is 0. The molecule has 1 amide bonds. The van der Waals surface area contributed by atoms with Crippen LogP contribution in [0.15, 0.2) is 60.3 Å². The van der Waals surface area contributed by atoms with Gasteiger partial charge < -0.3 is 15.1 Å². The van der Waals surface area contributed by atoms with Crippen molar-refractivity contribution in [3.8, 4) is 0 Å². The van der Waals surface area contributed by atoms with E-state index in [4.69, 9.17) is 0 Å². The molecular formula is C26H31N3O2. The molecule has 0 saturated carbocycles. The molecule has 0 fully saturated rings. The van der Waals surface area contributed by atoms with Gasteiger partial charge in [-0.3, -0.25) is 9.59 Å². The lowest BCUT2D eigenvalue weighted by molar-refractivity contribution is -0.125. The van der Waals surface area contributed by atoms with Crippen LogP contribution in [0.5, 0.6) is 0 Å². The maximum atomic E-state index is 13.5. The minimum Gasteiger partial charge on any atom is -0.378 e. The van der Waals surface area contributed by atoms with Crippen LogP contribution in [0.25, 0.3) is 0 Å². The van der Waals surface area contributed by atoms with Gasteiger partial charge in [0.25, 0.3) is 0 Å². The van der Waals surface area contributed by atoms with Crippen LogP contribution in [-0.4, -0.2) is 25.8 Å². The Bertz CT molecular complexity index is 1040. The minimum atomic E-state index is -0.430. The van der Waals surface area contributed by atoms with Crippen molar-refractivity contribution in [3.63, 3.8) is 0 Å². The van der Waals surface area contributed by atoms with Gasteiger partial charge in [0.2, 0.25) is 5.91 Å². The fraction of sp³-hybridized carbons (Fsp3) is 0.385. The number of carbonyl (C=O) groups is 2. The number of para-hydroxylation sites is 2. The zero-order valence-corrected chi connectivity index (χ0v) is 19.0. The molecule has 0 spiro atoms. The summed E-state index contributed by atoms with van der Waals surface area (Å²) in [5, 5.41) is 3.52. The predicted octanol–water partition coefficient (Wildman–Crippen LogP) is 5.16. The van der Waals surface area contributed by atoms with E-state index in [0.29, 0.717) is 12.8 Å². The molecule has 2 atom stereocenters. The zero-order valence-electron chi connectivity index (χ0n) is 19.0. The average molecular weight is 418 g/mol. The highest BCUT2D eigenvalue weighted by atomic mass is 16.2. The van der Waals surface area contributed by atoms with Crippen LogP contribution in [0.3, 0.4) is 0 Å². The number of nitrogens with one attached hydrogen (secondary N) is 1. The first-order valence-corrected chi connectivity index (χ1v) is 10.9. The molecule has 0 saturated heterocycles. The summed E-state index contributed by atoms with van der Waals surface area (Å²) in [5.74, 6) is -0.255. The Labute approximate surface area is 184 Å². The van der Waals surface area contributed by atoms with Crippen molar-refractivity contribution in [1.82, 2.24) is 0 Å². The maximum absolute atomic E-state index is 13.5. The highest BCUT2D eigenvalue weighted by Gasteiger charge is 2.45. The number of allylic oxidation sites excluding steroid dienone is 1. The molecule has 4 rings (SSSR count). The lowest BCUT2D eigenvalue weighted by Crippen LogP contribution is -2.43. The number of benzene rings is 2. The Morgan fingerprint density at radius 3 is 2.45 bits per heavy atom. The number of rotatable bonds is 3. The molecule has 0 radical (unpaired) electrons. The summed E-state index contributed by atoms with van der Waals surface area (Å²) in [6.07, 6.45) is 3.00. The second-order valence-corrected chi connectivity index (χ2v) is 9.40. The van der Waals surface area contributed by atoms with Gasteiger partial charge in [-0.05, 0) is 35.2 Å². The van der Waals surface area contributed by atoms with Gasteiger partial charge in [-0.25, -0.2) is 0 Å². The Morgan fingerprint density at radius 2 is 1.81 bits per heavy atom. The number of ketones is 1. The van der Waals surface area contributed by atoms with E-state index in [9.17, 15) is 9.59 Å². The molecule has 31 heavy (non-hydrogen) atoms. The third kappa shape index (κ3) is 3.85. The highest BCUT2D eigenvalue weighted by Crippen LogP contribution is 2.48. The van der Waals surface area contributed by atoms with Crippen LogP contribution in [-0.2, 0) is 9.59 Å². The molecule has 5 heteroatoms. The predicted molar refractivity (Wildman–Crippen MR) is 126 cm³/mol. The van der Waals surface area contributed by atoms with Crippen molar-refractivity contribution in [2.24, 2.45) is 11.3 Å². The fourth-order valence-electron chi connectivity index (χ4n) is 4.77. The van der Waals surface area contributed by atoms with Gasteiger partial charge >= 0.3 is 0 Å². The second kappa shape index (κ2) is 7.88. The highest BCUT2D eigenvalue weighted by molar-refractivity contribution is 6.01. The molecular weight excluding hydrogens is 386 g/mol. The van der Waals surface area contributed by atoms with Gasteiger partial charge in [-0.15, -0.1) is 0 Å². The van der Waals surface area contributed by atoms with Crippen molar-refractivity contribution >= 4 is 28.8 Å². The van der Waals surface area contributed by atoms with Crippen LogP contribution in [0.1, 0.15) is 45.2 Å².